The third-order valence-electron chi connectivity index (χ3n) is 2.82. The van der Waals surface area contributed by atoms with Crippen molar-refractivity contribution in [3.63, 3.8) is 0 Å². The molecule has 19 heavy (non-hydrogen) atoms. The van der Waals surface area contributed by atoms with E-state index in [4.69, 9.17) is 22.0 Å². The molecule has 0 saturated carbocycles. The number of aromatic amines is 1. The molecule has 0 aliphatic heterocycles. The van der Waals surface area contributed by atoms with Gasteiger partial charge in [-0.25, -0.2) is 0 Å². The van der Waals surface area contributed by atoms with Gasteiger partial charge in [0.1, 0.15) is 18.4 Å². The summed E-state index contributed by atoms with van der Waals surface area (Å²) in [5.74, 6) is 2.02. The van der Waals surface area contributed by atoms with Crippen LogP contribution in [0.2, 0.25) is 0 Å². The van der Waals surface area contributed by atoms with Gasteiger partial charge in [0.25, 0.3) is 0 Å². The quantitative estimate of drug-likeness (QED) is 0.701. The number of carboxylic acid groups (broad SMARTS) is 1. The van der Waals surface area contributed by atoms with Crippen molar-refractivity contribution in [2.45, 2.75) is 12.5 Å². The van der Waals surface area contributed by atoms with E-state index < -0.39 is 12.0 Å². The van der Waals surface area contributed by atoms with E-state index in [1.54, 1.807) is 12.3 Å². The molecule has 0 aliphatic carbocycles. The fourth-order valence-corrected chi connectivity index (χ4v) is 1.87. The number of nitrogens with one attached hydrogen (secondary N) is 1. The molecule has 1 heterocycles. The summed E-state index contributed by atoms with van der Waals surface area (Å²) in [6.07, 6.45) is 7.16. The number of fused-ring (bicyclic) bond motifs is 1. The van der Waals surface area contributed by atoms with E-state index >= 15 is 0 Å². The van der Waals surface area contributed by atoms with Gasteiger partial charge >= 0.3 is 5.97 Å². The second-order valence-corrected chi connectivity index (χ2v) is 4.16. The van der Waals surface area contributed by atoms with E-state index in [1.165, 1.54) is 0 Å². The number of carbonyl (C=O) groups is 1. The molecule has 0 saturated heterocycles. The number of H-pyrrole nitrogens is 1. The van der Waals surface area contributed by atoms with Crippen molar-refractivity contribution in [3.05, 3.63) is 30.0 Å². The number of terminal acetylenes is 1. The normalized spacial score (nSPS) is 12.0. The lowest BCUT2D eigenvalue weighted by atomic mass is 10.1. The number of aromatic nitrogens is 1. The Labute approximate surface area is 110 Å². The van der Waals surface area contributed by atoms with Crippen LogP contribution < -0.4 is 10.5 Å². The van der Waals surface area contributed by atoms with Crippen LogP contribution in [0.4, 0.5) is 0 Å². The van der Waals surface area contributed by atoms with Gasteiger partial charge in [0.15, 0.2) is 0 Å². The van der Waals surface area contributed by atoms with Crippen LogP contribution in [0.1, 0.15) is 5.56 Å². The molecule has 5 nitrogen and oxygen atoms in total. The van der Waals surface area contributed by atoms with E-state index in [-0.39, 0.29) is 13.0 Å². The number of ether oxygens (including phenoxy) is 1. The van der Waals surface area contributed by atoms with Crippen LogP contribution in [-0.4, -0.2) is 28.7 Å². The van der Waals surface area contributed by atoms with E-state index in [2.05, 4.69) is 10.9 Å². The van der Waals surface area contributed by atoms with Gasteiger partial charge in [0.2, 0.25) is 0 Å². The van der Waals surface area contributed by atoms with Crippen LogP contribution in [-0.2, 0) is 11.2 Å². The number of rotatable bonds is 5. The molecule has 0 aliphatic rings. The molecule has 98 valence electrons. The molecule has 0 unspecified atom stereocenters. The zero-order valence-corrected chi connectivity index (χ0v) is 10.2. The lowest BCUT2D eigenvalue weighted by Crippen LogP contribution is -2.32. The highest BCUT2D eigenvalue weighted by molar-refractivity contribution is 5.85. The number of nitrogens with two attached hydrogens (primary N) is 1. The summed E-state index contributed by atoms with van der Waals surface area (Å²) in [4.78, 5) is 13.9. The maximum Gasteiger partial charge on any atom is 0.320 e. The van der Waals surface area contributed by atoms with Crippen LogP contribution in [0.25, 0.3) is 10.9 Å². The van der Waals surface area contributed by atoms with Crippen molar-refractivity contribution in [2.75, 3.05) is 6.61 Å². The third-order valence-corrected chi connectivity index (χ3v) is 2.82. The summed E-state index contributed by atoms with van der Waals surface area (Å²) < 4.78 is 5.34. The summed E-state index contributed by atoms with van der Waals surface area (Å²) in [5.41, 5.74) is 7.29. The Balaban J connectivity index is 2.29. The number of hydrogen-bond acceptors (Lipinski definition) is 3. The van der Waals surface area contributed by atoms with Crippen molar-refractivity contribution in [1.82, 2.24) is 4.98 Å². The standard InChI is InChI=1S/C14H14N2O3/c1-2-5-19-10-3-4-13-11(7-10)9(8-16-13)6-12(15)14(17)18/h1,3-4,7-8,12,16H,5-6,15H2,(H,17,18)/t12-/m1/s1. The highest BCUT2D eigenvalue weighted by Gasteiger charge is 2.15. The van der Waals surface area contributed by atoms with Gasteiger partial charge in [-0.2, -0.15) is 0 Å². The first-order valence-electron chi connectivity index (χ1n) is 5.76. The van der Waals surface area contributed by atoms with Gasteiger partial charge in [0, 0.05) is 23.5 Å². The summed E-state index contributed by atoms with van der Waals surface area (Å²) in [5, 5.41) is 9.74. The molecule has 2 aromatic rings. The van der Waals surface area contributed by atoms with Crippen LogP contribution in [0.15, 0.2) is 24.4 Å². The van der Waals surface area contributed by atoms with Crippen molar-refractivity contribution in [2.24, 2.45) is 5.73 Å². The smallest absolute Gasteiger partial charge is 0.320 e. The van der Waals surface area contributed by atoms with Gasteiger partial charge in [-0.15, -0.1) is 6.42 Å². The van der Waals surface area contributed by atoms with E-state index in [1.807, 2.05) is 12.1 Å². The van der Waals surface area contributed by atoms with Crippen molar-refractivity contribution >= 4 is 16.9 Å². The molecule has 1 atom stereocenters. The van der Waals surface area contributed by atoms with Crippen molar-refractivity contribution < 1.29 is 14.6 Å². The number of benzene rings is 1. The zero-order chi connectivity index (χ0) is 13.8. The molecule has 1 aromatic heterocycles. The fraction of sp³-hybridized carbons (Fsp3) is 0.214. The van der Waals surface area contributed by atoms with E-state index in [9.17, 15) is 4.79 Å². The van der Waals surface area contributed by atoms with Gasteiger partial charge in [-0.3, -0.25) is 4.79 Å². The van der Waals surface area contributed by atoms with Crippen molar-refractivity contribution in [3.8, 4) is 18.1 Å². The molecule has 0 bridgehead atoms. The van der Waals surface area contributed by atoms with Gasteiger partial charge in [-0.05, 0) is 23.8 Å². The number of aliphatic carboxylic acids is 1. The molecule has 0 fully saturated rings. The molecule has 0 spiro atoms. The second-order valence-electron chi connectivity index (χ2n) is 4.16. The van der Waals surface area contributed by atoms with Gasteiger partial charge in [0.05, 0.1) is 0 Å². The summed E-state index contributed by atoms with van der Waals surface area (Å²) in [7, 11) is 0. The Morgan fingerprint density at radius 1 is 1.58 bits per heavy atom. The van der Waals surface area contributed by atoms with Crippen LogP contribution in [0.5, 0.6) is 5.75 Å². The van der Waals surface area contributed by atoms with Crippen LogP contribution in [0.3, 0.4) is 0 Å². The third kappa shape index (κ3) is 2.87. The minimum absolute atomic E-state index is 0.194. The maximum atomic E-state index is 10.8. The molecule has 4 N–H and O–H groups in total. The fourth-order valence-electron chi connectivity index (χ4n) is 1.87. The molecule has 2 rings (SSSR count). The van der Waals surface area contributed by atoms with Gasteiger partial charge < -0.3 is 20.6 Å². The van der Waals surface area contributed by atoms with Crippen LogP contribution >= 0.6 is 0 Å². The van der Waals surface area contributed by atoms with Crippen LogP contribution in [0, 0.1) is 12.3 Å². The lowest BCUT2D eigenvalue weighted by molar-refractivity contribution is -0.138. The summed E-state index contributed by atoms with van der Waals surface area (Å²) >= 11 is 0. The van der Waals surface area contributed by atoms with E-state index in [0.717, 1.165) is 16.5 Å². The average Bonchev–Trinajstić information content (AvgIpc) is 2.79. The van der Waals surface area contributed by atoms with Crippen molar-refractivity contribution in [1.29, 1.82) is 0 Å². The Morgan fingerprint density at radius 3 is 3.05 bits per heavy atom. The monoisotopic (exact) mass is 258 g/mol. The predicted molar refractivity (Wildman–Crippen MR) is 71.9 cm³/mol. The molecule has 0 radical (unpaired) electrons. The molecular weight excluding hydrogens is 244 g/mol. The maximum absolute atomic E-state index is 10.8. The van der Waals surface area contributed by atoms with Gasteiger partial charge in [-0.1, -0.05) is 5.92 Å². The average molecular weight is 258 g/mol. The number of hydrogen-bond donors (Lipinski definition) is 3. The molecule has 0 amide bonds. The molecule has 5 heteroatoms. The molecular formula is C14H14N2O3. The Bertz CT molecular complexity index is 640. The minimum atomic E-state index is -1.02. The number of carboxylic acids is 1. The highest BCUT2D eigenvalue weighted by Crippen LogP contribution is 2.24. The first-order valence-corrected chi connectivity index (χ1v) is 5.76. The summed E-state index contributed by atoms with van der Waals surface area (Å²) in [6, 6.07) is 4.57. The predicted octanol–water partition coefficient (Wildman–Crippen LogP) is 1.13. The highest BCUT2D eigenvalue weighted by atomic mass is 16.5. The summed E-state index contributed by atoms with van der Waals surface area (Å²) in [6.45, 7) is 0.194. The minimum Gasteiger partial charge on any atom is -0.481 e. The molecule has 1 aromatic carbocycles. The lowest BCUT2D eigenvalue weighted by Gasteiger charge is -2.06. The first-order chi connectivity index (χ1) is 9.11. The second kappa shape index (κ2) is 5.46. The SMILES string of the molecule is C#CCOc1ccc2[nH]cc(C[C@@H](N)C(=O)O)c2c1. The largest absolute Gasteiger partial charge is 0.481 e. The Hall–Kier alpha value is -2.45. The zero-order valence-electron chi connectivity index (χ0n) is 10.2. The van der Waals surface area contributed by atoms with E-state index in [0.29, 0.717) is 5.75 Å². The first kappa shape index (κ1) is 13.0. The Morgan fingerprint density at radius 2 is 2.37 bits per heavy atom. The topological polar surface area (TPSA) is 88.3 Å². The Kier molecular flexibility index (Phi) is 3.74.